The number of aromatic nitrogens is 2. The fourth-order valence-electron chi connectivity index (χ4n) is 0.754. The molecular weight excluding hydrogens is 235 g/mol. The van der Waals surface area contributed by atoms with Gasteiger partial charge < -0.3 is 5.73 Å². The van der Waals surface area contributed by atoms with Crippen LogP contribution in [0.15, 0.2) is 11.2 Å². The Kier molecular flexibility index (Phi) is 2.60. The zero-order chi connectivity index (χ0) is 11.9. The third-order valence-corrected chi connectivity index (χ3v) is 2.19. The van der Waals surface area contributed by atoms with E-state index in [2.05, 4.69) is 9.97 Å². The molecule has 0 saturated heterocycles. The van der Waals surface area contributed by atoms with E-state index in [-0.39, 0.29) is 0 Å². The Balaban J connectivity index is 3.43. The molecule has 2 N–H and O–H groups in total. The molecule has 9 heteroatoms. The third-order valence-electron chi connectivity index (χ3n) is 1.35. The number of alkyl halides is 3. The first-order chi connectivity index (χ1) is 6.60. The summed E-state index contributed by atoms with van der Waals surface area (Å²) in [6.07, 6.45) is -4.06. The molecule has 0 bridgehead atoms. The summed E-state index contributed by atoms with van der Waals surface area (Å²) < 4.78 is 58.4. The Hall–Kier alpha value is -1.38. The number of rotatable bonds is 1. The van der Waals surface area contributed by atoms with E-state index in [4.69, 9.17) is 5.73 Å². The van der Waals surface area contributed by atoms with E-state index in [1.165, 1.54) is 0 Å². The Morgan fingerprint density at radius 1 is 1.33 bits per heavy atom. The Morgan fingerprint density at radius 2 is 1.87 bits per heavy atom. The van der Waals surface area contributed by atoms with Gasteiger partial charge in [-0.25, -0.2) is 18.4 Å². The molecule has 1 aromatic rings. The first-order valence-electron chi connectivity index (χ1n) is 3.52. The maximum Gasteiger partial charge on any atom is 0.433 e. The molecule has 0 amide bonds. The maximum absolute atomic E-state index is 12.2. The van der Waals surface area contributed by atoms with Gasteiger partial charge >= 0.3 is 6.18 Å². The SMILES string of the molecule is CS(=O)(=O)c1nc(N)cc(C(F)(F)F)n1. The van der Waals surface area contributed by atoms with Crippen molar-refractivity contribution in [3.63, 3.8) is 0 Å². The van der Waals surface area contributed by atoms with Gasteiger partial charge in [-0.05, 0) is 0 Å². The molecule has 1 heterocycles. The van der Waals surface area contributed by atoms with Crippen molar-refractivity contribution >= 4 is 15.7 Å². The van der Waals surface area contributed by atoms with E-state index in [1.807, 2.05) is 0 Å². The van der Waals surface area contributed by atoms with E-state index in [1.54, 1.807) is 0 Å². The summed E-state index contributed by atoms with van der Waals surface area (Å²) in [6, 6.07) is 0.467. The van der Waals surface area contributed by atoms with Crippen LogP contribution < -0.4 is 5.73 Å². The summed E-state index contributed by atoms with van der Waals surface area (Å²) >= 11 is 0. The van der Waals surface area contributed by atoms with Crippen molar-refractivity contribution in [2.75, 3.05) is 12.0 Å². The van der Waals surface area contributed by atoms with Gasteiger partial charge in [-0.3, -0.25) is 0 Å². The van der Waals surface area contributed by atoms with Crippen molar-refractivity contribution in [2.45, 2.75) is 11.3 Å². The van der Waals surface area contributed by atoms with Crippen LogP contribution in [0, 0.1) is 0 Å². The summed E-state index contributed by atoms with van der Waals surface area (Å²) in [5.41, 5.74) is 3.66. The third kappa shape index (κ3) is 2.78. The number of hydrogen-bond acceptors (Lipinski definition) is 5. The minimum atomic E-state index is -4.75. The topological polar surface area (TPSA) is 85.9 Å². The molecule has 0 unspecified atom stereocenters. The number of nitrogen functional groups attached to an aromatic ring is 1. The molecule has 84 valence electrons. The van der Waals surface area contributed by atoms with Crippen LogP contribution in [0.1, 0.15) is 5.69 Å². The van der Waals surface area contributed by atoms with Crippen LogP contribution in [0.3, 0.4) is 0 Å². The molecule has 5 nitrogen and oxygen atoms in total. The zero-order valence-electron chi connectivity index (χ0n) is 7.41. The van der Waals surface area contributed by atoms with Crippen LogP contribution >= 0.6 is 0 Å². The maximum atomic E-state index is 12.2. The smallest absolute Gasteiger partial charge is 0.384 e. The lowest BCUT2D eigenvalue weighted by Crippen LogP contribution is -2.14. The van der Waals surface area contributed by atoms with Gasteiger partial charge in [0.15, 0.2) is 5.69 Å². The van der Waals surface area contributed by atoms with Gasteiger partial charge in [0, 0.05) is 12.3 Å². The summed E-state index contributed by atoms with van der Waals surface area (Å²) in [5, 5.41) is -0.935. The van der Waals surface area contributed by atoms with Crippen LogP contribution in [0.2, 0.25) is 0 Å². The minimum absolute atomic E-state index is 0.467. The highest BCUT2D eigenvalue weighted by atomic mass is 32.2. The molecule has 0 radical (unpaired) electrons. The normalized spacial score (nSPS) is 12.8. The molecule has 0 spiro atoms. The molecular formula is C6H6F3N3O2S. The highest BCUT2D eigenvalue weighted by Gasteiger charge is 2.34. The molecule has 1 rings (SSSR count). The van der Waals surface area contributed by atoms with Crippen molar-refractivity contribution in [1.82, 2.24) is 9.97 Å². The van der Waals surface area contributed by atoms with Crippen molar-refractivity contribution in [3.8, 4) is 0 Å². The summed E-state index contributed by atoms with van der Waals surface area (Å²) in [7, 11) is -3.91. The van der Waals surface area contributed by atoms with Gasteiger partial charge in [-0.1, -0.05) is 0 Å². The molecule has 0 saturated carbocycles. The van der Waals surface area contributed by atoms with Crippen molar-refractivity contribution in [3.05, 3.63) is 11.8 Å². The highest BCUT2D eigenvalue weighted by Crippen LogP contribution is 2.28. The second kappa shape index (κ2) is 3.33. The van der Waals surface area contributed by atoms with Gasteiger partial charge in [-0.15, -0.1) is 0 Å². The Morgan fingerprint density at radius 3 is 2.27 bits per heavy atom. The number of hydrogen-bond donors (Lipinski definition) is 1. The summed E-state index contributed by atoms with van der Waals surface area (Å²) in [4.78, 5) is 6.07. The number of sulfone groups is 1. The monoisotopic (exact) mass is 241 g/mol. The lowest BCUT2D eigenvalue weighted by molar-refractivity contribution is -0.141. The Labute approximate surface area is 83.1 Å². The van der Waals surface area contributed by atoms with Crippen LogP contribution in [0.5, 0.6) is 0 Å². The number of halogens is 3. The average molecular weight is 241 g/mol. The molecule has 0 aliphatic rings. The van der Waals surface area contributed by atoms with Crippen LogP contribution in [-0.4, -0.2) is 24.6 Å². The molecule has 0 aliphatic heterocycles. The second-order valence-electron chi connectivity index (χ2n) is 2.73. The van der Waals surface area contributed by atoms with Gasteiger partial charge in [0.05, 0.1) is 0 Å². The number of anilines is 1. The fraction of sp³-hybridized carbons (Fsp3) is 0.333. The minimum Gasteiger partial charge on any atom is -0.384 e. The number of nitrogens with two attached hydrogens (primary N) is 1. The first-order valence-corrected chi connectivity index (χ1v) is 5.41. The van der Waals surface area contributed by atoms with Crippen LogP contribution in [0.25, 0.3) is 0 Å². The van der Waals surface area contributed by atoms with Crippen molar-refractivity contribution < 1.29 is 21.6 Å². The van der Waals surface area contributed by atoms with Crippen molar-refractivity contribution in [2.24, 2.45) is 0 Å². The largest absolute Gasteiger partial charge is 0.433 e. The highest BCUT2D eigenvalue weighted by molar-refractivity contribution is 7.90. The molecule has 0 aliphatic carbocycles. The predicted octanol–water partition coefficient (Wildman–Crippen LogP) is 0.481. The predicted molar refractivity (Wildman–Crippen MR) is 44.6 cm³/mol. The first kappa shape index (κ1) is 11.7. The Bertz CT molecular complexity index is 483. The van der Waals surface area contributed by atoms with E-state index < -0.39 is 32.7 Å². The second-order valence-corrected chi connectivity index (χ2v) is 4.64. The van der Waals surface area contributed by atoms with Crippen LogP contribution in [0.4, 0.5) is 19.0 Å². The molecule has 15 heavy (non-hydrogen) atoms. The lowest BCUT2D eigenvalue weighted by Gasteiger charge is -2.07. The lowest BCUT2D eigenvalue weighted by atomic mass is 10.4. The average Bonchev–Trinajstić information content (AvgIpc) is 1.99. The standard InChI is InChI=1S/C6H6F3N3O2S/c1-15(13,14)5-11-3(6(7,8)9)2-4(10)12-5/h2H,1H3,(H2,10,11,12). The molecule has 1 aromatic heterocycles. The summed E-state index contributed by atoms with van der Waals surface area (Å²) in [5.74, 6) is -0.544. The summed E-state index contributed by atoms with van der Waals surface area (Å²) in [6.45, 7) is 0. The fourth-order valence-corrected chi connectivity index (χ4v) is 1.29. The zero-order valence-corrected chi connectivity index (χ0v) is 8.22. The van der Waals surface area contributed by atoms with Gasteiger partial charge in [0.1, 0.15) is 5.82 Å². The van der Waals surface area contributed by atoms with E-state index in [0.717, 1.165) is 0 Å². The quantitative estimate of drug-likeness (QED) is 0.723. The molecule has 0 atom stereocenters. The van der Waals surface area contributed by atoms with Gasteiger partial charge in [0.25, 0.3) is 0 Å². The van der Waals surface area contributed by atoms with E-state index >= 15 is 0 Å². The van der Waals surface area contributed by atoms with Crippen molar-refractivity contribution in [1.29, 1.82) is 0 Å². The number of nitrogens with zero attached hydrogens (tertiary/aromatic N) is 2. The van der Waals surface area contributed by atoms with E-state index in [9.17, 15) is 21.6 Å². The molecule has 0 aromatic carbocycles. The van der Waals surface area contributed by atoms with Gasteiger partial charge in [0.2, 0.25) is 15.0 Å². The van der Waals surface area contributed by atoms with Crippen LogP contribution in [-0.2, 0) is 16.0 Å². The van der Waals surface area contributed by atoms with Gasteiger partial charge in [-0.2, -0.15) is 13.2 Å². The van der Waals surface area contributed by atoms with E-state index in [0.29, 0.717) is 12.3 Å². The molecule has 0 fully saturated rings.